The van der Waals surface area contributed by atoms with E-state index >= 15 is 0 Å². The summed E-state index contributed by atoms with van der Waals surface area (Å²) in [6.45, 7) is 1.77. The number of carbonyl (C=O) groups is 1. The third-order valence-corrected chi connectivity index (χ3v) is 3.93. The van der Waals surface area contributed by atoms with Crippen molar-refractivity contribution in [2.45, 2.75) is 13.3 Å². The van der Waals surface area contributed by atoms with Crippen LogP contribution in [0.4, 0.5) is 16.3 Å². The van der Waals surface area contributed by atoms with Crippen molar-refractivity contribution in [1.29, 1.82) is 0 Å². The third kappa shape index (κ3) is 2.57. The van der Waals surface area contributed by atoms with E-state index in [9.17, 15) is 4.79 Å². The predicted molar refractivity (Wildman–Crippen MR) is 88.6 cm³/mol. The number of rotatable bonds is 2. The lowest BCUT2D eigenvalue weighted by molar-refractivity contribution is 0.262. The molecule has 0 bridgehead atoms. The lowest BCUT2D eigenvalue weighted by Crippen LogP contribution is -2.19. The van der Waals surface area contributed by atoms with Gasteiger partial charge in [-0.1, -0.05) is 35.5 Å². The van der Waals surface area contributed by atoms with E-state index in [0.29, 0.717) is 11.6 Å². The highest BCUT2D eigenvalue weighted by atomic mass is 16.5. The van der Waals surface area contributed by atoms with Crippen LogP contribution in [-0.4, -0.2) is 11.2 Å². The lowest BCUT2D eigenvalue weighted by Gasteiger charge is -2.08. The second-order valence-electron chi connectivity index (χ2n) is 5.61. The minimum Gasteiger partial charge on any atom is -0.360 e. The molecule has 0 radical (unpaired) electrons. The minimum atomic E-state index is -0.343. The standard InChI is InChI=1S/C18H15N3O2/c1-11-8-17(21-23-11)20-18(22)19-14-7-6-13-9-12-4-2-3-5-15(12)16(13)10-14/h2-8,10H,9H2,1H3,(H2,19,20,21,22). The second kappa shape index (κ2) is 5.28. The zero-order chi connectivity index (χ0) is 15.8. The van der Waals surface area contributed by atoms with Crippen LogP contribution < -0.4 is 10.6 Å². The Kier molecular flexibility index (Phi) is 3.12. The number of aryl methyl sites for hydroxylation is 1. The predicted octanol–water partition coefficient (Wildman–Crippen LogP) is 4.20. The molecular weight excluding hydrogens is 290 g/mol. The maximum absolute atomic E-state index is 12.0. The van der Waals surface area contributed by atoms with Crippen molar-refractivity contribution >= 4 is 17.5 Å². The number of amides is 2. The highest BCUT2D eigenvalue weighted by Gasteiger charge is 2.18. The zero-order valence-corrected chi connectivity index (χ0v) is 12.6. The Balaban J connectivity index is 1.54. The quantitative estimate of drug-likeness (QED) is 0.583. The number of anilines is 2. The number of fused-ring (bicyclic) bond motifs is 3. The molecule has 1 aromatic heterocycles. The van der Waals surface area contributed by atoms with Gasteiger partial charge in [-0.05, 0) is 47.7 Å². The van der Waals surface area contributed by atoms with Crippen molar-refractivity contribution in [3.63, 3.8) is 0 Å². The maximum atomic E-state index is 12.0. The summed E-state index contributed by atoms with van der Waals surface area (Å²) in [6, 6.07) is 15.6. The van der Waals surface area contributed by atoms with E-state index in [-0.39, 0.29) is 6.03 Å². The van der Waals surface area contributed by atoms with Gasteiger partial charge >= 0.3 is 6.03 Å². The van der Waals surface area contributed by atoms with Crippen molar-refractivity contribution in [3.05, 3.63) is 65.4 Å². The Morgan fingerprint density at radius 3 is 2.70 bits per heavy atom. The van der Waals surface area contributed by atoms with Crippen molar-refractivity contribution < 1.29 is 9.32 Å². The molecule has 1 aliphatic rings. The number of hydrogen-bond acceptors (Lipinski definition) is 3. The van der Waals surface area contributed by atoms with E-state index in [1.54, 1.807) is 13.0 Å². The van der Waals surface area contributed by atoms with Crippen molar-refractivity contribution in [2.24, 2.45) is 0 Å². The molecule has 0 spiro atoms. The first-order valence-electron chi connectivity index (χ1n) is 7.41. The van der Waals surface area contributed by atoms with Crippen LogP contribution in [0.2, 0.25) is 0 Å². The van der Waals surface area contributed by atoms with Gasteiger partial charge in [0.25, 0.3) is 0 Å². The summed E-state index contributed by atoms with van der Waals surface area (Å²) in [5.74, 6) is 1.04. The summed E-state index contributed by atoms with van der Waals surface area (Å²) in [7, 11) is 0. The fourth-order valence-electron chi connectivity index (χ4n) is 2.91. The molecule has 2 N–H and O–H groups in total. The highest BCUT2D eigenvalue weighted by Crippen LogP contribution is 2.37. The fraction of sp³-hybridized carbons (Fsp3) is 0.111. The first kappa shape index (κ1) is 13.6. The minimum absolute atomic E-state index is 0.343. The molecule has 23 heavy (non-hydrogen) atoms. The van der Waals surface area contributed by atoms with Crippen LogP contribution in [0.1, 0.15) is 16.9 Å². The topological polar surface area (TPSA) is 67.2 Å². The number of hydrogen-bond donors (Lipinski definition) is 2. The third-order valence-electron chi connectivity index (χ3n) is 3.93. The Morgan fingerprint density at radius 1 is 1.04 bits per heavy atom. The molecular formula is C18H15N3O2. The van der Waals surface area contributed by atoms with E-state index in [4.69, 9.17) is 4.52 Å². The van der Waals surface area contributed by atoms with Crippen LogP contribution in [0.3, 0.4) is 0 Å². The molecule has 1 heterocycles. The van der Waals surface area contributed by atoms with Crippen LogP contribution in [-0.2, 0) is 6.42 Å². The van der Waals surface area contributed by atoms with Crippen LogP contribution in [0.15, 0.2) is 53.1 Å². The lowest BCUT2D eigenvalue weighted by atomic mass is 10.1. The SMILES string of the molecule is Cc1cc(NC(=O)Nc2ccc3c(c2)-c2ccccc2C3)no1. The van der Waals surface area contributed by atoms with Crippen LogP contribution in [0.5, 0.6) is 0 Å². The number of aromatic nitrogens is 1. The van der Waals surface area contributed by atoms with E-state index in [1.807, 2.05) is 18.2 Å². The molecule has 0 atom stereocenters. The fourth-order valence-corrected chi connectivity index (χ4v) is 2.91. The number of nitrogens with zero attached hydrogens (tertiary/aromatic N) is 1. The van der Waals surface area contributed by atoms with Crippen LogP contribution in [0.25, 0.3) is 11.1 Å². The molecule has 2 aromatic carbocycles. The van der Waals surface area contributed by atoms with Crippen molar-refractivity contribution in [3.8, 4) is 11.1 Å². The van der Waals surface area contributed by atoms with Gasteiger partial charge in [-0.2, -0.15) is 0 Å². The number of nitrogens with one attached hydrogen (secondary N) is 2. The van der Waals surface area contributed by atoms with Gasteiger partial charge in [0.2, 0.25) is 0 Å². The Bertz CT molecular complexity index is 899. The van der Waals surface area contributed by atoms with Crippen LogP contribution >= 0.6 is 0 Å². The van der Waals surface area contributed by atoms with Gasteiger partial charge in [-0.15, -0.1) is 0 Å². The summed E-state index contributed by atoms with van der Waals surface area (Å²) < 4.78 is 4.92. The monoisotopic (exact) mass is 305 g/mol. The number of benzene rings is 2. The molecule has 114 valence electrons. The maximum Gasteiger partial charge on any atom is 0.324 e. The van der Waals surface area contributed by atoms with Gasteiger partial charge in [0, 0.05) is 11.8 Å². The molecule has 2 amide bonds. The Labute approximate surface area is 133 Å². The summed E-state index contributed by atoms with van der Waals surface area (Å²) in [4.78, 5) is 12.0. The summed E-state index contributed by atoms with van der Waals surface area (Å²) >= 11 is 0. The normalized spacial score (nSPS) is 11.7. The first-order valence-corrected chi connectivity index (χ1v) is 7.41. The van der Waals surface area contributed by atoms with Crippen LogP contribution in [0, 0.1) is 6.92 Å². The summed E-state index contributed by atoms with van der Waals surface area (Å²) in [6.07, 6.45) is 0.941. The molecule has 5 heteroatoms. The average molecular weight is 305 g/mol. The molecule has 0 unspecified atom stereocenters. The van der Waals surface area contributed by atoms with Gasteiger partial charge in [-0.25, -0.2) is 4.79 Å². The van der Waals surface area contributed by atoms with Gasteiger partial charge in [0.1, 0.15) is 5.76 Å². The average Bonchev–Trinajstić information content (AvgIpc) is 3.10. The summed E-state index contributed by atoms with van der Waals surface area (Å²) in [5.41, 5.74) is 5.76. The molecule has 0 aliphatic heterocycles. The summed E-state index contributed by atoms with van der Waals surface area (Å²) in [5, 5.41) is 9.21. The Morgan fingerprint density at radius 2 is 1.87 bits per heavy atom. The number of carbonyl (C=O) groups excluding carboxylic acids is 1. The van der Waals surface area contributed by atoms with E-state index < -0.39 is 0 Å². The van der Waals surface area contributed by atoms with E-state index in [1.165, 1.54) is 22.3 Å². The molecule has 0 saturated carbocycles. The van der Waals surface area contributed by atoms with E-state index in [2.05, 4.69) is 40.1 Å². The van der Waals surface area contributed by atoms with Crippen molar-refractivity contribution in [2.75, 3.05) is 10.6 Å². The van der Waals surface area contributed by atoms with Gasteiger partial charge in [0.15, 0.2) is 5.82 Å². The molecule has 0 saturated heterocycles. The number of urea groups is 1. The molecule has 1 aliphatic carbocycles. The van der Waals surface area contributed by atoms with Crippen molar-refractivity contribution in [1.82, 2.24) is 5.16 Å². The van der Waals surface area contributed by atoms with Gasteiger partial charge in [-0.3, -0.25) is 5.32 Å². The molecule has 5 nitrogen and oxygen atoms in total. The first-order chi connectivity index (χ1) is 11.2. The zero-order valence-electron chi connectivity index (χ0n) is 12.6. The molecule has 4 rings (SSSR count). The molecule has 0 fully saturated rings. The largest absolute Gasteiger partial charge is 0.360 e. The Hall–Kier alpha value is -3.08. The molecule has 3 aromatic rings. The van der Waals surface area contributed by atoms with Gasteiger partial charge in [0.05, 0.1) is 0 Å². The van der Waals surface area contributed by atoms with E-state index in [0.717, 1.165) is 12.1 Å². The smallest absolute Gasteiger partial charge is 0.324 e. The van der Waals surface area contributed by atoms with Gasteiger partial charge < -0.3 is 9.84 Å². The second-order valence-corrected chi connectivity index (χ2v) is 5.61. The highest BCUT2D eigenvalue weighted by molar-refractivity contribution is 5.99.